The lowest BCUT2D eigenvalue weighted by Crippen LogP contribution is -2.38. The fourth-order valence-corrected chi connectivity index (χ4v) is 4.55. The van der Waals surface area contributed by atoms with Gasteiger partial charge in [0.25, 0.3) is 0 Å². The van der Waals surface area contributed by atoms with Crippen LogP contribution in [0.1, 0.15) is 38.8 Å². The molecule has 6 nitrogen and oxygen atoms in total. The molecule has 0 saturated heterocycles. The van der Waals surface area contributed by atoms with Crippen LogP contribution in [0.5, 0.6) is 5.75 Å². The van der Waals surface area contributed by atoms with E-state index < -0.39 is 5.60 Å². The predicted octanol–water partition coefficient (Wildman–Crippen LogP) is 4.02. The number of nitrogens with zero attached hydrogens (tertiary/aromatic N) is 2. The molecule has 2 aliphatic heterocycles. The van der Waals surface area contributed by atoms with Crippen molar-refractivity contribution in [3.05, 3.63) is 21.7 Å². The molecule has 0 spiro atoms. The quantitative estimate of drug-likeness (QED) is 0.642. The second-order valence-corrected chi connectivity index (χ2v) is 8.97. The minimum absolute atomic E-state index is 0.240. The molecular weight excluding hydrogens is 424 g/mol. The minimum atomic E-state index is -0.481. The van der Waals surface area contributed by atoms with E-state index in [4.69, 9.17) is 14.2 Å². The lowest BCUT2D eigenvalue weighted by Gasteiger charge is -2.33. The van der Waals surface area contributed by atoms with Gasteiger partial charge in [-0.05, 0) is 73.7 Å². The molecule has 1 amide bonds. The first-order valence-corrected chi connectivity index (χ1v) is 10.9. The molecule has 7 heteroatoms. The smallest absolute Gasteiger partial charge is 0.410 e. The Kier molecular flexibility index (Phi) is 6.76. The first-order valence-electron chi connectivity index (χ1n) is 10.1. The molecule has 156 valence electrons. The first-order chi connectivity index (χ1) is 13.3. The Hall–Kier alpha value is -1.47. The zero-order valence-corrected chi connectivity index (χ0v) is 18.9. The van der Waals surface area contributed by atoms with Gasteiger partial charge in [-0.25, -0.2) is 4.79 Å². The molecule has 2 aliphatic rings. The maximum absolute atomic E-state index is 12.5. The topological polar surface area (TPSA) is 51.2 Å². The van der Waals surface area contributed by atoms with Crippen LogP contribution in [0.2, 0.25) is 0 Å². The summed E-state index contributed by atoms with van der Waals surface area (Å²) in [4.78, 5) is 16.6. The van der Waals surface area contributed by atoms with Gasteiger partial charge in [-0.2, -0.15) is 0 Å². The van der Waals surface area contributed by atoms with Crippen LogP contribution in [0.3, 0.4) is 0 Å². The molecule has 0 N–H and O–H groups in total. The van der Waals surface area contributed by atoms with E-state index in [1.807, 2.05) is 32.6 Å². The largest absolute Gasteiger partial charge is 0.490 e. The van der Waals surface area contributed by atoms with E-state index in [0.29, 0.717) is 26.3 Å². The Morgan fingerprint density at radius 2 is 2.00 bits per heavy atom. The zero-order valence-electron chi connectivity index (χ0n) is 17.3. The highest BCUT2D eigenvalue weighted by atomic mass is 79.9. The summed E-state index contributed by atoms with van der Waals surface area (Å²) in [5.74, 6) is 0.916. The number of halogens is 1. The van der Waals surface area contributed by atoms with E-state index in [-0.39, 0.29) is 6.09 Å². The van der Waals surface area contributed by atoms with Crippen LogP contribution in [0.15, 0.2) is 10.5 Å². The number of benzene rings is 1. The van der Waals surface area contributed by atoms with Crippen molar-refractivity contribution < 1.29 is 19.0 Å². The van der Waals surface area contributed by atoms with Gasteiger partial charge in [-0.3, -0.25) is 0 Å². The lowest BCUT2D eigenvalue weighted by molar-refractivity contribution is 0.0258. The molecule has 2 heterocycles. The molecule has 0 fully saturated rings. The van der Waals surface area contributed by atoms with Crippen molar-refractivity contribution in [1.29, 1.82) is 0 Å². The standard InChI is InChI=1S/C21H31BrN2O4/c1-5-26-12-10-23-11-13-27-17-14-15-6-8-24(20(25)28-21(2,3)4)9-7-16(15)18(22)19(17)23/h14H,5-13H2,1-4H3. The van der Waals surface area contributed by atoms with E-state index in [9.17, 15) is 4.79 Å². The molecule has 0 bridgehead atoms. The van der Waals surface area contributed by atoms with Gasteiger partial charge in [0.1, 0.15) is 18.0 Å². The lowest BCUT2D eigenvalue weighted by atomic mass is 10.0. The third-order valence-electron chi connectivity index (χ3n) is 4.98. The number of rotatable bonds is 4. The van der Waals surface area contributed by atoms with Gasteiger partial charge < -0.3 is 24.0 Å². The van der Waals surface area contributed by atoms with Gasteiger partial charge in [0.05, 0.1) is 18.8 Å². The van der Waals surface area contributed by atoms with E-state index in [2.05, 4.69) is 26.9 Å². The Labute approximate surface area is 176 Å². The summed E-state index contributed by atoms with van der Waals surface area (Å²) in [5.41, 5.74) is 3.13. The van der Waals surface area contributed by atoms with E-state index in [1.165, 1.54) is 11.1 Å². The van der Waals surface area contributed by atoms with Crippen LogP contribution in [-0.2, 0) is 22.3 Å². The number of carbonyl (C=O) groups excluding carboxylic acids is 1. The third-order valence-corrected chi connectivity index (χ3v) is 5.83. The average molecular weight is 455 g/mol. The van der Waals surface area contributed by atoms with Crippen LogP contribution in [0.4, 0.5) is 10.5 Å². The summed E-state index contributed by atoms with van der Waals surface area (Å²) < 4.78 is 18.2. The number of ether oxygens (including phenoxy) is 3. The summed E-state index contributed by atoms with van der Waals surface area (Å²) in [6.45, 7) is 12.8. The summed E-state index contributed by atoms with van der Waals surface area (Å²) in [5, 5.41) is 0. The summed E-state index contributed by atoms with van der Waals surface area (Å²) in [6.07, 6.45) is 1.35. The molecule has 0 aliphatic carbocycles. The highest BCUT2D eigenvalue weighted by Gasteiger charge is 2.29. The predicted molar refractivity (Wildman–Crippen MR) is 114 cm³/mol. The van der Waals surface area contributed by atoms with Crippen LogP contribution in [0.25, 0.3) is 0 Å². The summed E-state index contributed by atoms with van der Waals surface area (Å²) in [7, 11) is 0. The normalized spacial score (nSPS) is 16.8. The third kappa shape index (κ3) is 4.92. The molecule has 1 aromatic rings. The molecule has 3 rings (SSSR count). The van der Waals surface area contributed by atoms with Gasteiger partial charge in [0.2, 0.25) is 0 Å². The number of amides is 1. The van der Waals surface area contributed by atoms with Crippen molar-refractivity contribution in [2.75, 3.05) is 50.9 Å². The Morgan fingerprint density at radius 1 is 1.25 bits per heavy atom. The number of fused-ring (bicyclic) bond motifs is 2. The van der Waals surface area contributed by atoms with Crippen LogP contribution in [0, 0.1) is 0 Å². The number of anilines is 1. The maximum atomic E-state index is 12.5. The molecule has 1 aromatic carbocycles. The van der Waals surface area contributed by atoms with Crippen molar-refractivity contribution in [1.82, 2.24) is 4.90 Å². The molecule has 28 heavy (non-hydrogen) atoms. The number of hydrogen-bond donors (Lipinski definition) is 0. The molecule has 0 atom stereocenters. The van der Waals surface area contributed by atoms with Gasteiger partial charge in [0, 0.05) is 30.7 Å². The van der Waals surface area contributed by atoms with Gasteiger partial charge >= 0.3 is 6.09 Å². The minimum Gasteiger partial charge on any atom is -0.490 e. The Balaban J connectivity index is 1.80. The van der Waals surface area contributed by atoms with Gasteiger partial charge in [-0.15, -0.1) is 0 Å². The molecule has 0 radical (unpaired) electrons. The maximum Gasteiger partial charge on any atom is 0.410 e. The van der Waals surface area contributed by atoms with Crippen molar-refractivity contribution in [2.24, 2.45) is 0 Å². The van der Waals surface area contributed by atoms with Crippen molar-refractivity contribution in [3.63, 3.8) is 0 Å². The Morgan fingerprint density at radius 3 is 2.71 bits per heavy atom. The van der Waals surface area contributed by atoms with Crippen LogP contribution in [-0.4, -0.2) is 62.6 Å². The summed E-state index contributed by atoms with van der Waals surface area (Å²) in [6, 6.07) is 2.15. The number of carbonyl (C=O) groups is 1. The highest BCUT2D eigenvalue weighted by molar-refractivity contribution is 9.10. The zero-order chi connectivity index (χ0) is 20.3. The molecule has 0 unspecified atom stereocenters. The van der Waals surface area contributed by atoms with E-state index in [1.54, 1.807) is 0 Å². The van der Waals surface area contributed by atoms with E-state index in [0.717, 1.165) is 48.4 Å². The molecule has 0 saturated carbocycles. The fourth-order valence-electron chi connectivity index (χ4n) is 3.65. The monoisotopic (exact) mass is 454 g/mol. The van der Waals surface area contributed by atoms with Crippen molar-refractivity contribution >= 4 is 27.7 Å². The Bertz CT molecular complexity index is 717. The highest BCUT2D eigenvalue weighted by Crippen LogP contribution is 2.43. The van der Waals surface area contributed by atoms with Crippen LogP contribution < -0.4 is 9.64 Å². The second kappa shape index (κ2) is 8.91. The van der Waals surface area contributed by atoms with Crippen LogP contribution >= 0.6 is 15.9 Å². The molecule has 0 aromatic heterocycles. The SMILES string of the molecule is CCOCCN1CCOc2cc3c(c(Br)c21)CCN(C(=O)OC(C)(C)C)CC3. The van der Waals surface area contributed by atoms with Crippen molar-refractivity contribution in [2.45, 2.75) is 46.1 Å². The summed E-state index contributed by atoms with van der Waals surface area (Å²) >= 11 is 3.85. The number of hydrogen-bond acceptors (Lipinski definition) is 5. The van der Waals surface area contributed by atoms with Crippen molar-refractivity contribution in [3.8, 4) is 5.75 Å². The van der Waals surface area contributed by atoms with Gasteiger partial charge in [-0.1, -0.05) is 0 Å². The second-order valence-electron chi connectivity index (χ2n) is 8.17. The average Bonchev–Trinajstić information content (AvgIpc) is 2.83. The van der Waals surface area contributed by atoms with E-state index >= 15 is 0 Å². The van der Waals surface area contributed by atoms with Gasteiger partial charge in [0.15, 0.2) is 0 Å². The first kappa shape index (κ1) is 21.2. The fraction of sp³-hybridized carbons (Fsp3) is 0.667. The molecular formula is C21H31BrN2O4.